The maximum absolute atomic E-state index is 14.4. The Balaban J connectivity index is 0.000000616. The average molecular weight is 1440 g/mol. The number of rotatable bonds is 17. The van der Waals surface area contributed by atoms with E-state index in [4.69, 9.17) is 25.7 Å². The third-order valence-electron chi connectivity index (χ3n) is 18.2. The first-order valence-corrected chi connectivity index (χ1v) is 36.5. The number of primary amides is 2. The van der Waals surface area contributed by atoms with E-state index in [9.17, 15) is 67.7 Å². The van der Waals surface area contributed by atoms with E-state index >= 15 is 0 Å². The number of ketones is 6. The number of fused-ring (bicyclic) bond motifs is 4. The number of ether oxygens (including phenoxy) is 3. The molecule has 0 unspecified atom stereocenters. The van der Waals surface area contributed by atoms with Gasteiger partial charge in [-0.15, -0.1) is 11.8 Å². The van der Waals surface area contributed by atoms with E-state index in [2.05, 4.69) is 28.6 Å². The van der Waals surface area contributed by atoms with Gasteiger partial charge in [-0.2, -0.15) is 12.6 Å². The molecule has 4 aliphatic rings. The predicted molar refractivity (Wildman–Crippen MR) is 396 cm³/mol. The molecule has 4 rings (SSSR count). The molecule has 560 valence electrons. The average Bonchev–Trinajstić information content (AvgIpc) is 0.851. The van der Waals surface area contributed by atoms with Crippen molar-refractivity contribution >= 4 is 95.0 Å². The fourth-order valence-electron chi connectivity index (χ4n) is 12.6. The molecule has 0 aromatic rings. The van der Waals surface area contributed by atoms with Crippen LogP contribution in [-0.4, -0.2) is 130 Å². The highest BCUT2D eigenvalue weighted by molar-refractivity contribution is 8.04. The van der Waals surface area contributed by atoms with Crippen LogP contribution in [0.1, 0.15) is 188 Å². The minimum Gasteiger partial charge on any atom is -0.467 e. The molecule has 2 aliphatic heterocycles. The van der Waals surface area contributed by atoms with Crippen LogP contribution in [-0.2, 0) is 62.2 Å². The number of unbranched alkanes of at least 4 members (excludes halogenated alkanes) is 2. The minimum absolute atomic E-state index is 0.000708. The van der Waals surface area contributed by atoms with Gasteiger partial charge in [0.25, 0.3) is 11.8 Å². The zero-order valence-corrected chi connectivity index (χ0v) is 64.2. The number of esters is 1. The van der Waals surface area contributed by atoms with Crippen LogP contribution in [0, 0.1) is 53.3 Å². The van der Waals surface area contributed by atoms with Crippen LogP contribution < -0.4 is 27.4 Å². The highest BCUT2D eigenvalue weighted by atomic mass is 32.2. The third kappa shape index (κ3) is 29.0. The number of Topliss-reactive ketones (excluding diaryl/α,β-unsaturated/α-hetero) is 5. The van der Waals surface area contributed by atoms with Crippen molar-refractivity contribution in [2.75, 3.05) is 18.6 Å². The molecule has 0 saturated heterocycles. The molecule has 2 heterocycles. The highest BCUT2D eigenvalue weighted by Crippen LogP contribution is 2.39. The van der Waals surface area contributed by atoms with E-state index in [-0.39, 0.29) is 110 Å². The van der Waals surface area contributed by atoms with Crippen molar-refractivity contribution in [3.8, 4) is 0 Å². The van der Waals surface area contributed by atoms with Crippen LogP contribution in [0.5, 0.6) is 0 Å². The lowest BCUT2D eigenvalue weighted by Crippen LogP contribution is -2.42. The monoisotopic (exact) mass is 1440 g/mol. The summed E-state index contributed by atoms with van der Waals surface area (Å²) >= 11 is 4.85. The van der Waals surface area contributed by atoms with Crippen LogP contribution in [0.25, 0.3) is 0 Å². The van der Waals surface area contributed by atoms with Gasteiger partial charge in [-0.1, -0.05) is 131 Å². The number of thiol groups is 1. The molecule has 22 nitrogen and oxygen atoms in total. The van der Waals surface area contributed by atoms with Crippen LogP contribution in [0.3, 0.4) is 0 Å². The van der Waals surface area contributed by atoms with E-state index in [1.807, 2.05) is 95.2 Å². The summed E-state index contributed by atoms with van der Waals surface area (Å²) in [6.07, 6.45) is 16.3. The van der Waals surface area contributed by atoms with Crippen molar-refractivity contribution in [3.63, 3.8) is 0 Å². The second-order valence-corrected chi connectivity index (χ2v) is 29.0. The normalized spacial score (nSPS) is 28.8. The standard InChI is InChI=1S/C38H55N3O9S.C32H46N2O6.C7H12O2S/c1-10-11-15-27-28-17-20(2)16-23(5)31(43)24(6)18-25(7)34(50-38(39)48)21(3)13-12-14-22(4)36(46)41-30(32(28)44)35(33(27)45)51-19-29(37(47)49-9)40-26(8)42;1-8-9-13-24-25-15-18(2)14-21(5)28(36)22(6)16-23(7)30(40-32(33)39)19(3)11-10-12-20(4)31(38)34-26(29(25)37)17-27(24)35;1-5(8)3-7(4-10)6(2)9/h12-14,18,20-21,23-24,29,31,34,43H,10-11,15-17,19H2,1-9H3,(H2,39,48)(H,40,42)(H,41,46);10-12,16-19,21-22,28,30,36H,8-9,13-15H2,1-7H3,(H2,33,39)(H,34,38);7,10H,3-4H2,1-2H3/b13-12-,22-14+,25-18+;11-10-,20-12+,23-16+;/t20-,21-,23-,24-,29-,31-,34+;18-,19-,21-,22-,28-,30+;7-/m000/s1. The zero-order chi connectivity index (χ0) is 76.9. The van der Waals surface area contributed by atoms with Crippen LogP contribution in [0.4, 0.5) is 9.59 Å². The number of hydrogen-bond donors (Lipinski definition) is 8. The number of aliphatic hydroxyl groups is 2. The summed E-state index contributed by atoms with van der Waals surface area (Å²) in [5.74, 6) is -5.19. The van der Waals surface area contributed by atoms with Gasteiger partial charge in [0, 0.05) is 94.0 Å². The number of aliphatic hydroxyl groups excluding tert-OH is 2. The second-order valence-electron chi connectivity index (χ2n) is 27.6. The smallest absolute Gasteiger partial charge is 0.405 e. The summed E-state index contributed by atoms with van der Waals surface area (Å²) in [4.78, 5) is 151. The molecule has 0 fully saturated rings. The molecule has 2 aliphatic carbocycles. The third-order valence-corrected chi connectivity index (χ3v) is 19.8. The number of hydrogen-bond acceptors (Lipinski definition) is 19. The van der Waals surface area contributed by atoms with Crippen molar-refractivity contribution in [2.24, 2.45) is 64.7 Å². The molecule has 14 atom stereocenters. The van der Waals surface area contributed by atoms with Gasteiger partial charge in [0.05, 0.1) is 29.9 Å². The van der Waals surface area contributed by atoms with E-state index in [1.54, 1.807) is 44.2 Å². The number of amides is 5. The fraction of sp³-hybridized carbons (Fsp3) is 0.584. The maximum atomic E-state index is 14.4. The lowest BCUT2D eigenvalue weighted by Gasteiger charge is -2.29. The molecular weight excluding hydrogens is 1330 g/mol. The molecule has 9 N–H and O–H groups in total. The number of carbonyl (C=O) groups is 12. The number of nitrogens with one attached hydrogen (secondary N) is 3. The van der Waals surface area contributed by atoms with Crippen LogP contribution in [0.15, 0.2) is 116 Å². The summed E-state index contributed by atoms with van der Waals surface area (Å²) in [5.41, 5.74) is 14.2. The summed E-state index contributed by atoms with van der Waals surface area (Å²) in [6.45, 7) is 30.4. The fourth-order valence-corrected chi connectivity index (χ4v) is 14.1. The van der Waals surface area contributed by atoms with Gasteiger partial charge < -0.3 is 56.6 Å². The first-order valence-electron chi connectivity index (χ1n) is 34.9. The van der Waals surface area contributed by atoms with E-state index < -0.39 is 77.9 Å². The van der Waals surface area contributed by atoms with Gasteiger partial charge >= 0.3 is 18.2 Å². The lowest BCUT2D eigenvalue weighted by atomic mass is 9.80. The molecule has 101 heavy (non-hydrogen) atoms. The summed E-state index contributed by atoms with van der Waals surface area (Å²) in [6, 6.07) is -1.11. The van der Waals surface area contributed by atoms with Gasteiger partial charge in [0.2, 0.25) is 17.5 Å². The number of allylic oxidation sites excluding steroid dienone is 10. The number of carbonyl (C=O) groups excluding carboxylic acids is 12. The lowest BCUT2D eigenvalue weighted by molar-refractivity contribution is -0.144. The zero-order valence-electron chi connectivity index (χ0n) is 62.5. The van der Waals surface area contributed by atoms with E-state index in [0.29, 0.717) is 84.1 Å². The van der Waals surface area contributed by atoms with Crippen LogP contribution >= 0.6 is 24.4 Å². The summed E-state index contributed by atoms with van der Waals surface area (Å²) < 4.78 is 15.7. The SMILES string of the molecule is CC(=O)C[C@@H](CS)C(C)=O.CCCCC1=C2C[C@@H](C)C[C@H](C)[C@H](O)[C@@H](C)/C=C(\C)[C@H](OC(N)=O)[C@@H](C)/C=C\C=C(/C)C(=O)NC(=C(SC[C@H](NC(C)=O)C(=O)OC)C1=O)C2=O.CCCCC1=C2C[C@@H](C)C[C@H](C)[C@H](O)[C@@H](C)/C=C(\C)[C@H](OC(N)=O)[C@@H](C)/C=C\C=C(/C)C(=O)NC(=CC1=O)C2=O. The Morgan fingerprint density at radius 1 is 0.653 bits per heavy atom. The van der Waals surface area contributed by atoms with Crippen molar-refractivity contribution in [1.82, 2.24) is 16.0 Å². The van der Waals surface area contributed by atoms with Gasteiger partial charge in [-0.05, 0) is 128 Å². The largest absolute Gasteiger partial charge is 0.467 e. The molecule has 24 heteroatoms. The molecule has 0 radical (unpaired) electrons. The summed E-state index contributed by atoms with van der Waals surface area (Å²) in [7, 11) is 1.18. The van der Waals surface area contributed by atoms with Crippen molar-refractivity contribution in [1.29, 1.82) is 0 Å². The Morgan fingerprint density at radius 2 is 1.10 bits per heavy atom. The van der Waals surface area contributed by atoms with Gasteiger partial charge in [0.15, 0.2) is 11.6 Å². The van der Waals surface area contributed by atoms with Crippen molar-refractivity contribution in [3.05, 3.63) is 116 Å². The highest BCUT2D eigenvalue weighted by Gasteiger charge is 2.39. The van der Waals surface area contributed by atoms with Crippen LogP contribution in [0.2, 0.25) is 0 Å². The molecule has 0 saturated carbocycles. The maximum Gasteiger partial charge on any atom is 0.405 e. The van der Waals surface area contributed by atoms with Crippen molar-refractivity contribution < 1.29 is 82.0 Å². The van der Waals surface area contributed by atoms with Gasteiger partial charge in [-0.25, -0.2) is 14.4 Å². The Bertz CT molecular complexity index is 3370. The quantitative estimate of drug-likeness (QED) is 0.0220. The molecule has 4 bridgehead atoms. The first kappa shape index (κ1) is 89.5. The van der Waals surface area contributed by atoms with Gasteiger partial charge in [-0.3, -0.25) is 38.4 Å². The Kier molecular flexibility index (Phi) is 39.1. The number of thioether (sulfide) groups is 1. The molecule has 0 aromatic carbocycles. The Hall–Kier alpha value is -7.54. The Morgan fingerprint density at radius 3 is 1.50 bits per heavy atom. The Labute approximate surface area is 607 Å². The summed E-state index contributed by atoms with van der Waals surface area (Å²) in [5, 5.41) is 30.3. The van der Waals surface area contributed by atoms with Gasteiger partial charge in [0.1, 0.15) is 35.5 Å². The number of methoxy groups -OCH3 is 1. The van der Waals surface area contributed by atoms with E-state index in [1.165, 1.54) is 40.0 Å². The predicted octanol–water partition coefficient (Wildman–Crippen LogP) is 11.3. The minimum atomic E-state index is -1.11. The van der Waals surface area contributed by atoms with Crippen molar-refractivity contribution in [2.45, 2.75) is 219 Å². The first-order chi connectivity index (χ1) is 47.3. The molecule has 0 aromatic heterocycles. The molecular formula is C77H113N5O17S2. The molecule has 0 spiro atoms. The second kappa shape index (κ2) is 44.1. The number of nitrogens with two attached hydrogens (primary N) is 2. The topological polar surface area (TPSA) is 361 Å². The molecule has 5 amide bonds. The van der Waals surface area contributed by atoms with E-state index in [0.717, 1.165) is 36.6 Å².